The van der Waals surface area contributed by atoms with E-state index < -0.39 is 9.84 Å². The zero-order valence-electron chi connectivity index (χ0n) is 10.9. The van der Waals surface area contributed by atoms with Crippen LogP contribution in [0, 0.1) is 0 Å². The average molecular weight is 348 g/mol. The summed E-state index contributed by atoms with van der Waals surface area (Å²) >= 11 is 3.36. The molecule has 1 saturated heterocycles. The number of sulfone groups is 1. The Hall–Kier alpha value is -0.590. The van der Waals surface area contributed by atoms with Crippen molar-refractivity contribution >= 4 is 25.8 Å². The molecule has 1 aliphatic heterocycles. The second kappa shape index (κ2) is 5.81. The van der Waals surface area contributed by atoms with Gasteiger partial charge >= 0.3 is 0 Å². The smallest absolute Gasteiger partial charge is 0.152 e. The summed E-state index contributed by atoms with van der Waals surface area (Å²) in [5, 5.41) is 3.28. The number of halogens is 1. The van der Waals surface area contributed by atoms with E-state index >= 15 is 0 Å². The Morgan fingerprint density at radius 3 is 2.63 bits per heavy atom. The minimum Gasteiger partial charge on any atom is -0.492 e. The van der Waals surface area contributed by atoms with Gasteiger partial charge in [0.15, 0.2) is 9.84 Å². The Bertz CT molecular complexity index is 529. The Kier molecular flexibility index (Phi) is 4.53. The quantitative estimate of drug-likeness (QED) is 0.827. The standard InChI is InChI=1S/C13H18BrNO3S/c1-13(6-9-19(16,17)10-13)15-7-8-18-12-4-2-11(14)3-5-12/h2-5,15H,6-10H2,1H3. The molecule has 1 unspecified atom stereocenters. The molecule has 6 heteroatoms. The lowest BCUT2D eigenvalue weighted by Crippen LogP contribution is -2.45. The first-order chi connectivity index (χ1) is 8.89. The maximum absolute atomic E-state index is 11.5. The highest BCUT2D eigenvalue weighted by Gasteiger charge is 2.37. The molecule has 1 aliphatic rings. The SMILES string of the molecule is CC1(NCCOc2ccc(Br)cc2)CCS(=O)(=O)C1. The number of nitrogens with one attached hydrogen (secondary N) is 1. The fourth-order valence-corrected chi connectivity index (χ4v) is 4.59. The molecule has 0 saturated carbocycles. The molecule has 106 valence electrons. The maximum atomic E-state index is 11.5. The van der Waals surface area contributed by atoms with Crippen LogP contribution in [0.1, 0.15) is 13.3 Å². The van der Waals surface area contributed by atoms with Crippen LogP contribution in [0.5, 0.6) is 5.75 Å². The van der Waals surface area contributed by atoms with Crippen molar-refractivity contribution in [2.24, 2.45) is 0 Å². The number of hydrogen-bond acceptors (Lipinski definition) is 4. The molecule has 0 radical (unpaired) electrons. The van der Waals surface area contributed by atoms with Crippen molar-refractivity contribution < 1.29 is 13.2 Å². The third kappa shape index (κ3) is 4.47. The van der Waals surface area contributed by atoms with Gasteiger partial charge in [-0.1, -0.05) is 15.9 Å². The molecule has 1 fully saturated rings. The number of ether oxygens (including phenoxy) is 1. The lowest BCUT2D eigenvalue weighted by atomic mass is 10.0. The van der Waals surface area contributed by atoms with Gasteiger partial charge in [0.2, 0.25) is 0 Å². The van der Waals surface area contributed by atoms with E-state index in [0.29, 0.717) is 19.6 Å². The first-order valence-electron chi connectivity index (χ1n) is 6.22. The second-order valence-electron chi connectivity index (χ2n) is 5.13. The van der Waals surface area contributed by atoms with Crippen molar-refractivity contribution in [2.45, 2.75) is 18.9 Å². The van der Waals surface area contributed by atoms with Crippen molar-refractivity contribution in [3.8, 4) is 5.75 Å². The van der Waals surface area contributed by atoms with Gasteiger partial charge in [0, 0.05) is 16.6 Å². The van der Waals surface area contributed by atoms with E-state index in [2.05, 4.69) is 21.2 Å². The fraction of sp³-hybridized carbons (Fsp3) is 0.538. The van der Waals surface area contributed by atoms with E-state index in [9.17, 15) is 8.42 Å². The highest BCUT2D eigenvalue weighted by Crippen LogP contribution is 2.22. The average Bonchev–Trinajstić information content (AvgIpc) is 2.62. The van der Waals surface area contributed by atoms with Gasteiger partial charge in [0.1, 0.15) is 12.4 Å². The molecule has 1 aromatic rings. The summed E-state index contributed by atoms with van der Waals surface area (Å²) in [5.41, 5.74) is -0.304. The molecule has 0 bridgehead atoms. The Balaban J connectivity index is 1.74. The molecular formula is C13H18BrNO3S. The van der Waals surface area contributed by atoms with Gasteiger partial charge in [-0.15, -0.1) is 0 Å². The molecule has 0 spiro atoms. The van der Waals surface area contributed by atoms with Crippen molar-refractivity contribution in [1.29, 1.82) is 0 Å². The number of rotatable bonds is 5. The Labute approximate surface area is 122 Å². The first-order valence-corrected chi connectivity index (χ1v) is 8.84. The highest BCUT2D eigenvalue weighted by molar-refractivity contribution is 9.10. The summed E-state index contributed by atoms with van der Waals surface area (Å²) in [7, 11) is -2.86. The normalized spacial score (nSPS) is 25.4. The third-order valence-corrected chi connectivity index (χ3v) is 5.67. The molecule has 1 heterocycles. The van der Waals surface area contributed by atoms with E-state index in [-0.39, 0.29) is 17.0 Å². The van der Waals surface area contributed by atoms with Crippen LogP contribution < -0.4 is 10.1 Å². The van der Waals surface area contributed by atoms with Crippen molar-refractivity contribution in [1.82, 2.24) is 5.32 Å². The second-order valence-corrected chi connectivity index (χ2v) is 8.23. The molecule has 0 aromatic heterocycles. The van der Waals surface area contributed by atoms with E-state index in [1.165, 1.54) is 0 Å². The molecule has 1 atom stereocenters. The highest BCUT2D eigenvalue weighted by atomic mass is 79.9. The lowest BCUT2D eigenvalue weighted by molar-refractivity contribution is 0.286. The largest absolute Gasteiger partial charge is 0.492 e. The van der Waals surface area contributed by atoms with Gasteiger partial charge in [-0.25, -0.2) is 8.42 Å². The van der Waals surface area contributed by atoms with Crippen LogP contribution in [-0.4, -0.2) is 38.6 Å². The van der Waals surface area contributed by atoms with Crippen molar-refractivity contribution in [3.63, 3.8) is 0 Å². The van der Waals surface area contributed by atoms with Gasteiger partial charge in [0.25, 0.3) is 0 Å². The van der Waals surface area contributed by atoms with Crippen LogP contribution in [0.15, 0.2) is 28.7 Å². The summed E-state index contributed by atoms with van der Waals surface area (Å²) in [5.74, 6) is 1.32. The summed E-state index contributed by atoms with van der Waals surface area (Å²) in [6.45, 7) is 3.12. The molecule has 0 amide bonds. The molecule has 19 heavy (non-hydrogen) atoms. The zero-order chi connectivity index (χ0) is 13.9. The summed E-state index contributed by atoms with van der Waals surface area (Å²) in [6, 6.07) is 7.64. The minimum atomic E-state index is -2.86. The van der Waals surface area contributed by atoms with E-state index in [0.717, 1.165) is 10.2 Å². The zero-order valence-corrected chi connectivity index (χ0v) is 13.3. The molecular weight excluding hydrogens is 330 g/mol. The topological polar surface area (TPSA) is 55.4 Å². The van der Waals surface area contributed by atoms with Gasteiger partial charge < -0.3 is 10.1 Å². The van der Waals surface area contributed by atoms with E-state index in [4.69, 9.17) is 4.74 Å². The fourth-order valence-electron chi connectivity index (χ4n) is 2.20. The lowest BCUT2D eigenvalue weighted by Gasteiger charge is -2.23. The molecule has 0 aliphatic carbocycles. The molecule has 1 N–H and O–H groups in total. The van der Waals surface area contributed by atoms with Crippen LogP contribution in [-0.2, 0) is 9.84 Å². The van der Waals surface area contributed by atoms with E-state index in [1.807, 2.05) is 31.2 Å². The predicted molar refractivity (Wildman–Crippen MR) is 79.3 cm³/mol. The van der Waals surface area contributed by atoms with Crippen molar-refractivity contribution in [2.75, 3.05) is 24.7 Å². The summed E-state index contributed by atoms with van der Waals surface area (Å²) in [6.07, 6.45) is 0.674. The van der Waals surface area contributed by atoms with Gasteiger partial charge in [-0.3, -0.25) is 0 Å². The predicted octanol–water partition coefficient (Wildman–Crippen LogP) is 1.99. The monoisotopic (exact) mass is 347 g/mol. The molecule has 1 aromatic carbocycles. The van der Waals surface area contributed by atoms with Crippen LogP contribution in [0.2, 0.25) is 0 Å². The van der Waals surface area contributed by atoms with Gasteiger partial charge in [-0.2, -0.15) is 0 Å². The van der Waals surface area contributed by atoms with Gasteiger partial charge in [0.05, 0.1) is 11.5 Å². The minimum absolute atomic E-state index is 0.221. The summed E-state index contributed by atoms with van der Waals surface area (Å²) in [4.78, 5) is 0. The van der Waals surface area contributed by atoms with Crippen LogP contribution in [0.25, 0.3) is 0 Å². The summed E-state index contributed by atoms with van der Waals surface area (Å²) < 4.78 is 29.5. The van der Waals surface area contributed by atoms with Crippen LogP contribution >= 0.6 is 15.9 Å². The van der Waals surface area contributed by atoms with Crippen LogP contribution in [0.3, 0.4) is 0 Å². The van der Waals surface area contributed by atoms with Crippen molar-refractivity contribution in [3.05, 3.63) is 28.7 Å². The van der Waals surface area contributed by atoms with Gasteiger partial charge in [-0.05, 0) is 37.6 Å². The molecule has 4 nitrogen and oxygen atoms in total. The maximum Gasteiger partial charge on any atom is 0.152 e. The van der Waals surface area contributed by atoms with Crippen LogP contribution in [0.4, 0.5) is 0 Å². The number of hydrogen-bond donors (Lipinski definition) is 1. The Morgan fingerprint density at radius 2 is 2.05 bits per heavy atom. The Morgan fingerprint density at radius 1 is 1.37 bits per heavy atom. The number of benzene rings is 1. The third-order valence-electron chi connectivity index (χ3n) is 3.24. The molecule has 2 rings (SSSR count). The first kappa shape index (κ1) is 14.8. The van der Waals surface area contributed by atoms with E-state index in [1.54, 1.807) is 0 Å².